The molecule has 0 aliphatic rings. The minimum atomic E-state index is -0.171. The Morgan fingerprint density at radius 3 is 2.02 bits per heavy atom. The molecule has 0 aliphatic heterocycles. The molecule has 2 amide bonds. The standard InChI is InChI=1S/C38H42N4O2/c1-37(2,3)29-14-10-26(11-15-29)25-42-33-19-18-32(41-35(43)27-12-16-30(17-13-27)38(4,5)6)23-28(33)24-34(42)36(44)40-22-20-31-9-7-8-21-39-31/h7-19,21,23-24H,20,22,25H2,1-6H3,(H,40,44)(H,41,43). The van der Waals surface area contributed by atoms with Gasteiger partial charge in [-0.2, -0.15) is 0 Å². The number of fused-ring (bicyclic) bond motifs is 1. The molecule has 0 bridgehead atoms. The molecule has 2 N–H and O–H groups in total. The van der Waals surface area contributed by atoms with Crippen molar-refractivity contribution in [3.63, 3.8) is 0 Å². The zero-order valence-corrected chi connectivity index (χ0v) is 26.6. The lowest BCUT2D eigenvalue weighted by Crippen LogP contribution is -2.28. The number of hydrogen-bond donors (Lipinski definition) is 2. The molecule has 2 heterocycles. The number of carbonyl (C=O) groups is 2. The lowest BCUT2D eigenvalue weighted by molar-refractivity contribution is 0.0945. The highest BCUT2D eigenvalue weighted by atomic mass is 16.2. The summed E-state index contributed by atoms with van der Waals surface area (Å²) in [7, 11) is 0. The summed E-state index contributed by atoms with van der Waals surface area (Å²) in [5, 5.41) is 6.99. The molecular formula is C38H42N4O2. The van der Waals surface area contributed by atoms with Gasteiger partial charge in [0, 0.05) is 53.6 Å². The predicted octanol–water partition coefficient (Wildman–Crippen LogP) is 7.90. The normalized spacial score (nSPS) is 11.9. The van der Waals surface area contributed by atoms with Crippen molar-refractivity contribution in [1.29, 1.82) is 0 Å². The highest BCUT2D eigenvalue weighted by Crippen LogP contribution is 2.27. The summed E-state index contributed by atoms with van der Waals surface area (Å²) in [5.74, 6) is -0.316. The van der Waals surface area contributed by atoms with Crippen LogP contribution in [0.3, 0.4) is 0 Å². The van der Waals surface area contributed by atoms with E-state index in [0.717, 1.165) is 22.2 Å². The number of pyridine rings is 1. The van der Waals surface area contributed by atoms with Gasteiger partial charge in [-0.1, -0.05) is 84.0 Å². The van der Waals surface area contributed by atoms with Gasteiger partial charge in [0.1, 0.15) is 5.69 Å². The van der Waals surface area contributed by atoms with E-state index in [1.165, 1.54) is 11.1 Å². The maximum atomic E-state index is 13.5. The number of anilines is 1. The minimum Gasteiger partial charge on any atom is -0.350 e. The van der Waals surface area contributed by atoms with Crippen molar-refractivity contribution in [3.05, 3.63) is 131 Å². The van der Waals surface area contributed by atoms with Crippen LogP contribution < -0.4 is 10.6 Å². The maximum absolute atomic E-state index is 13.5. The lowest BCUT2D eigenvalue weighted by Gasteiger charge is -2.19. The Kier molecular flexibility index (Phi) is 8.73. The molecule has 0 saturated heterocycles. The van der Waals surface area contributed by atoms with E-state index in [1.54, 1.807) is 6.20 Å². The van der Waals surface area contributed by atoms with Crippen LogP contribution in [0.1, 0.15) is 84.8 Å². The van der Waals surface area contributed by atoms with Crippen molar-refractivity contribution in [2.75, 3.05) is 11.9 Å². The fraction of sp³-hybridized carbons (Fsp3) is 0.289. The second kappa shape index (κ2) is 12.5. The molecule has 0 fully saturated rings. The third-order valence-electron chi connectivity index (χ3n) is 7.96. The van der Waals surface area contributed by atoms with Crippen LogP contribution in [-0.2, 0) is 23.8 Å². The summed E-state index contributed by atoms with van der Waals surface area (Å²) >= 11 is 0. The van der Waals surface area contributed by atoms with E-state index >= 15 is 0 Å². The van der Waals surface area contributed by atoms with Crippen molar-refractivity contribution >= 4 is 28.4 Å². The minimum absolute atomic E-state index is 0.0181. The van der Waals surface area contributed by atoms with Gasteiger partial charge in [-0.25, -0.2) is 0 Å². The van der Waals surface area contributed by atoms with Crippen molar-refractivity contribution in [2.45, 2.75) is 65.3 Å². The summed E-state index contributed by atoms with van der Waals surface area (Å²) < 4.78 is 2.05. The Bertz CT molecular complexity index is 1760. The second-order valence-corrected chi connectivity index (χ2v) is 13.4. The Labute approximate surface area is 260 Å². The Morgan fingerprint density at radius 2 is 1.41 bits per heavy atom. The molecular weight excluding hydrogens is 544 g/mol. The SMILES string of the molecule is CC(C)(C)c1ccc(Cn2c(C(=O)NCCc3ccccn3)cc3cc(NC(=O)c4ccc(C(C)(C)C)cc4)ccc32)cc1. The summed E-state index contributed by atoms with van der Waals surface area (Å²) in [5.41, 5.74) is 7.33. The van der Waals surface area contributed by atoms with Gasteiger partial charge in [0.25, 0.3) is 11.8 Å². The first-order valence-corrected chi connectivity index (χ1v) is 15.2. The topological polar surface area (TPSA) is 76.0 Å². The quantitative estimate of drug-likeness (QED) is 0.194. The van der Waals surface area contributed by atoms with Crippen molar-refractivity contribution < 1.29 is 9.59 Å². The number of benzene rings is 3. The average Bonchev–Trinajstić information content (AvgIpc) is 3.34. The van der Waals surface area contributed by atoms with Crippen LogP contribution in [0.5, 0.6) is 0 Å². The zero-order chi connectivity index (χ0) is 31.5. The van der Waals surface area contributed by atoms with E-state index in [1.807, 2.05) is 71.3 Å². The van der Waals surface area contributed by atoms with Gasteiger partial charge >= 0.3 is 0 Å². The monoisotopic (exact) mass is 586 g/mol. The Hall–Kier alpha value is -4.71. The molecule has 0 unspecified atom stereocenters. The number of nitrogens with zero attached hydrogens (tertiary/aromatic N) is 2. The molecule has 0 atom stereocenters. The summed E-state index contributed by atoms with van der Waals surface area (Å²) in [6.45, 7) is 14.1. The number of nitrogens with one attached hydrogen (secondary N) is 2. The molecule has 0 radical (unpaired) electrons. The number of carbonyl (C=O) groups excluding carboxylic acids is 2. The summed E-state index contributed by atoms with van der Waals surface area (Å²) in [6.07, 6.45) is 2.41. The van der Waals surface area contributed by atoms with Gasteiger partial charge < -0.3 is 15.2 Å². The van der Waals surface area contributed by atoms with Crippen molar-refractivity contribution in [3.8, 4) is 0 Å². The van der Waals surface area contributed by atoms with Gasteiger partial charge in [0.05, 0.1) is 0 Å². The van der Waals surface area contributed by atoms with Gasteiger partial charge in [0.2, 0.25) is 0 Å². The summed E-state index contributed by atoms with van der Waals surface area (Å²) in [6, 6.07) is 29.8. The molecule has 6 heteroatoms. The maximum Gasteiger partial charge on any atom is 0.267 e. The van der Waals surface area contributed by atoms with Gasteiger partial charge in [0.15, 0.2) is 0 Å². The van der Waals surface area contributed by atoms with Crippen LogP contribution in [0.2, 0.25) is 0 Å². The van der Waals surface area contributed by atoms with Crippen molar-refractivity contribution in [1.82, 2.24) is 14.9 Å². The molecule has 5 rings (SSSR count). The molecule has 2 aromatic heterocycles. The van der Waals surface area contributed by atoms with Crippen LogP contribution in [0.4, 0.5) is 5.69 Å². The highest BCUT2D eigenvalue weighted by molar-refractivity contribution is 6.06. The van der Waals surface area contributed by atoms with Gasteiger partial charge in [-0.05, 0) is 76.1 Å². The van der Waals surface area contributed by atoms with Crippen LogP contribution >= 0.6 is 0 Å². The number of aromatic nitrogens is 2. The van der Waals surface area contributed by atoms with Crippen molar-refractivity contribution in [2.24, 2.45) is 0 Å². The molecule has 3 aromatic carbocycles. The second-order valence-electron chi connectivity index (χ2n) is 13.4. The van der Waals surface area contributed by atoms with Gasteiger partial charge in [-0.15, -0.1) is 0 Å². The Balaban J connectivity index is 1.41. The molecule has 0 spiro atoms. The van der Waals surface area contributed by atoms with E-state index in [4.69, 9.17) is 0 Å². The van der Waals surface area contributed by atoms with Gasteiger partial charge in [-0.3, -0.25) is 14.6 Å². The Morgan fingerprint density at radius 1 is 0.750 bits per heavy atom. The average molecular weight is 587 g/mol. The fourth-order valence-electron chi connectivity index (χ4n) is 5.27. The lowest BCUT2D eigenvalue weighted by atomic mass is 9.86. The molecule has 6 nitrogen and oxygen atoms in total. The van der Waals surface area contributed by atoms with Crippen LogP contribution in [0.25, 0.3) is 10.9 Å². The van der Waals surface area contributed by atoms with Crippen LogP contribution in [0, 0.1) is 0 Å². The van der Waals surface area contributed by atoms with Crippen LogP contribution in [0.15, 0.2) is 97.2 Å². The zero-order valence-electron chi connectivity index (χ0n) is 26.6. The third-order valence-corrected chi connectivity index (χ3v) is 7.96. The van der Waals surface area contributed by atoms with Crippen LogP contribution in [-0.4, -0.2) is 27.9 Å². The third kappa shape index (κ3) is 7.25. The first kappa shape index (κ1) is 30.7. The number of hydrogen-bond acceptors (Lipinski definition) is 3. The predicted molar refractivity (Wildman–Crippen MR) is 180 cm³/mol. The first-order chi connectivity index (χ1) is 20.9. The van der Waals surface area contributed by atoms with E-state index in [0.29, 0.717) is 36.5 Å². The molecule has 5 aromatic rings. The van der Waals surface area contributed by atoms with E-state index in [-0.39, 0.29) is 22.6 Å². The molecule has 44 heavy (non-hydrogen) atoms. The molecule has 0 aliphatic carbocycles. The number of rotatable bonds is 8. The highest BCUT2D eigenvalue weighted by Gasteiger charge is 2.19. The molecule has 0 saturated carbocycles. The largest absolute Gasteiger partial charge is 0.350 e. The fourth-order valence-corrected chi connectivity index (χ4v) is 5.27. The number of amides is 2. The molecule has 226 valence electrons. The van der Waals surface area contributed by atoms with E-state index in [2.05, 4.69) is 81.4 Å². The summed E-state index contributed by atoms with van der Waals surface area (Å²) in [4.78, 5) is 31.0. The first-order valence-electron chi connectivity index (χ1n) is 15.2. The van der Waals surface area contributed by atoms with E-state index in [9.17, 15) is 9.59 Å². The smallest absolute Gasteiger partial charge is 0.267 e. The van der Waals surface area contributed by atoms with E-state index < -0.39 is 0 Å².